The molecule has 0 amide bonds. The van der Waals surface area contributed by atoms with E-state index in [0.717, 1.165) is 50.2 Å². The van der Waals surface area contributed by atoms with E-state index in [4.69, 9.17) is 0 Å². The molecule has 0 saturated heterocycles. The number of Topliss-reactive ketones (excluding diaryl/α,β-unsaturated/α-hetero) is 1. The normalized spacial score (nSPS) is 15.5. The molecule has 4 nitrogen and oxygen atoms in total. The Morgan fingerprint density at radius 1 is 1.44 bits per heavy atom. The van der Waals surface area contributed by atoms with E-state index in [9.17, 15) is 4.79 Å². The Bertz CT molecular complexity index is 439. The maximum Gasteiger partial charge on any atom is 0.129 e. The van der Waals surface area contributed by atoms with Crippen molar-refractivity contribution in [3.8, 4) is 0 Å². The lowest BCUT2D eigenvalue weighted by atomic mass is 10.0. The molecule has 1 aromatic heterocycles. The van der Waals surface area contributed by atoms with Gasteiger partial charge in [0, 0.05) is 13.0 Å². The van der Waals surface area contributed by atoms with E-state index in [1.54, 1.807) is 6.92 Å². The zero-order valence-corrected chi connectivity index (χ0v) is 11.6. The molecular formula is C13H19N3OS. The van der Waals surface area contributed by atoms with Crippen LogP contribution in [0.3, 0.4) is 0 Å². The molecule has 0 fully saturated rings. The maximum atomic E-state index is 10.9. The molecular weight excluding hydrogens is 246 g/mol. The predicted octanol–water partition coefficient (Wildman–Crippen LogP) is 2.22. The third-order valence-corrected chi connectivity index (χ3v) is 3.65. The van der Waals surface area contributed by atoms with Crippen LogP contribution in [0.25, 0.3) is 5.57 Å². The van der Waals surface area contributed by atoms with Crippen LogP contribution in [0.5, 0.6) is 0 Å². The number of nitrogens with one attached hydrogen (secondary N) is 1. The molecule has 18 heavy (non-hydrogen) atoms. The second-order valence-electron chi connectivity index (χ2n) is 4.66. The minimum atomic E-state index is 0.269. The summed E-state index contributed by atoms with van der Waals surface area (Å²) in [4.78, 5) is 10.9. The van der Waals surface area contributed by atoms with Crippen LogP contribution < -0.4 is 5.32 Å². The van der Waals surface area contributed by atoms with Crippen molar-refractivity contribution in [2.45, 2.75) is 39.0 Å². The van der Waals surface area contributed by atoms with E-state index < -0.39 is 0 Å². The minimum absolute atomic E-state index is 0.269. The van der Waals surface area contributed by atoms with Gasteiger partial charge in [0.05, 0.1) is 17.4 Å². The molecule has 2 heterocycles. The molecule has 1 N–H and O–H groups in total. The molecule has 0 bridgehead atoms. The Labute approximate surface area is 112 Å². The summed E-state index contributed by atoms with van der Waals surface area (Å²) in [6.45, 7) is 3.59. The van der Waals surface area contributed by atoms with Gasteiger partial charge in [0.15, 0.2) is 0 Å². The number of rotatable bonds is 6. The smallest absolute Gasteiger partial charge is 0.129 e. The first-order chi connectivity index (χ1) is 8.77. The van der Waals surface area contributed by atoms with Crippen LogP contribution in [0.2, 0.25) is 0 Å². The van der Waals surface area contributed by atoms with Gasteiger partial charge in [-0.2, -0.15) is 8.75 Å². The SMILES string of the molecule is CC(=O)CCCCc1nsnc1C1=CCCNC1. The average molecular weight is 265 g/mol. The molecule has 0 saturated carbocycles. The highest BCUT2D eigenvalue weighted by molar-refractivity contribution is 6.99. The molecule has 0 radical (unpaired) electrons. The van der Waals surface area contributed by atoms with Crippen molar-refractivity contribution in [3.05, 3.63) is 17.5 Å². The lowest BCUT2D eigenvalue weighted by molar-refractivity contribution is -0.117. The monoisotopic (exact) mass is 265 g/mol. The number of aryl methyl sites for hydroxylation is 1. The first kappa shape index (κ1) is 13.4. The van der Waals surface area contributed by atoms with Crippen LogP contribution in [0.4, 0.5) is 0 Å². The summed E-state index contributed by atoms with van der Waals surface area (Å²) in [7, 11) is 0. The van der Waals surface area contributed by atoms with Crippen molar-refractivity contribution in [1.29, 1.82) is 0 Å². The van der Waals surface area contributed by atoms with Gasteiger partial charge in [0.25, 0.3) is 0 Å². The van der Waals surface area contributed by atoms with E-state index >= 15 is 0 Å². The van der Waals surface area contributed by atoms with Gasteiger partial charge in [0.1, 0.15) is 11.5 Å². The molecule has 1 aliphatic heterocycles. The number of carbonyl (C=O) groups excluding carboxylic acids is 1. The number of unbranched alkanes of at least 4 members (excludes halogenated alkanes) is 1. The van der Waals surface area contributed by atoms with Crippen molar-refractivity contribution in [3.63, 3.8) is 0 Å². The molecule has 1 aliphatic rings. The Morgan fingerprint density at radius 2 is 2.33 bits per heavy atom. The number of hydrogen-bond acceptors (Lipinski definition) is 5. The van der Waals surface area contributed by atoms with E-state index in [1.807, 2.05) is 0 Å². The Morgan fingerprint density at radius 3 is 3.06 bits per heavy atom. The van der Waals surface area contributed by atoms with E-state index in [0.29, 0.717) is 6.42 Å². The van der Waals surface area contributed by atoms with Crippen molar-refractivity contribution in [1.82, 2.24) is 14.1 Å². The third-order valence-electron chi connectivity index (χ3n) is 3.08. The van der Waals surface area contributed by atoms with Gasteiger partial charge >= 0.3 is 0 Å². The molecule has 98 valence electrons. The molecule has 0 unspecified atom stereocenters. The van der Waals surface area contributed by atoms with Gasteiger partial charge in [-0.1, -0.05) is 6.08 Å². The zero-order chi connectivity index (χ0) is 12.8. The number of hydrogen-bond donors (Lipinski definition) is 1. The Hall–Kier alpha value is -1.07. The van der Waals surface area contributed by atoms with Crippen molar-refractivity contribution >= 4 is 23.1 Å². The largest absolute Gasteiger partial charge is 0.312 e. The van der Waals surface area contributed by atoms with Gasteiger partial charge in [-0.25, -0.2) is 0 Å². The first-order valence-electron chi connectivity index (χ1n) is 6.48. The number of ketones is 1. The second-order valence-corrected chi connectivity index (χ2v) is 5.19. The molecule has 0 spiro atoms. The lowest BCUT2D eigenvalue weighted by Gasteiger charge is -2.13. The quantitative estimate of drug-likeness (QED) is 0.801. The standard InChI is InChI=1S/C13H19N3OS/c1-10(17)5-2-3-7-12-13(16-18-15-12)11-6-4-8-14-9-11/h6,14H,2-5,7-9H2,1H3. The maximum absolute atomic E-state index is 10.9. The van der Waals surface area contributed by atoms with Crippen LogP contribution in [-0.2, 0) is 11.2 Å². The average Bonchev–Trinajstić information content (AvgIpc) is 2.84. The van der Waals surface area contributed by atoms with Gasteiger partial charge in [-0.15, -0.1) is 0 Å². The van der Waals surface area contributed by atoms with Gasteiger partial charge in [-0.3, -0.25) is 0 Å². The highest BCUT2D eigenvalue weighted by Gasteiger charge is 2.14. The van der Waals surface area contributed by atoms with Gasteiger partial charge in [0.2, 0.25) is 0 Å². The second kappa shape index (κ2) is 6.75. The Kier molecular flexibility index (Phi) is 5.01. The van der Waals surface area contributed by atoms with Crippen molar-refractivity contribution in [2.24, 2.45) is 0 Å². The van der Waals surface area contributed by atoms with E-state index in [-0.39, 0.29) is 5.78 Å². The summed E-state index contributed by atoms with van der Waals surface area (Å²) >= 11 is 1.29. The lowest BCUT2D eigenvalue weighted by Crippen LogP contribution is -2.22. The number of aromatic nitrogens is 2. The minimum Gasteiger partial charge on any atom is -0.312 e. The summed E-state index contributed by atoms with van der Waals surface area (Å²) in [5, 5.41) is 3.36. The summed E-state index contributed by atoms with van der Waals surface area (Å²) in [5.74, 6) is 0.269. The van der Waals surface area contributed by atoms with E-state index in [1.165, 1.54) is 17.3 Å². The summed E-state index contributed by atoms with van der Waals surface area (Å²) < 4.78 is 8.79. The highest BCUT2D eigenvalue weighted by Crippen LogP contribution is 2.21. The fourth-order valence-corrected chi connectivity index (χ4v) is 2.73. The van der Waals surface area contributed by atoms with Gasteiger partial charge < -0.3 is 10.1 Å². The Balaban J connectivity index is 1.91. The van der Waals surface area contributed by atoms with Crippen LogP contribution in [-0.4, -0.2) is 27.6 Å². The first-order valence-corrected chi connectivity index (χ1v) is 7.21. The van der Waals surface area contributed by atoms with Gasteiger partial charge in [-0.05, 0) is 44.7 Å². The summed E-state index contributed by atoms with van der Waals surface area (Å²) in [6, 6.07) is 0. The molecule has 2 rings (SSSR count). The predicted molar refractivity (Wildman–Crippen MR) is 73.6 cm³/mol. The summed E-state index contributed by atoms with van der Waals surface area (Å²) in [5.41, 5.74) is 3.44. The third kappa shape index (κ3) is 3.71. The molecule has 0 atom stereocenters. The summed E-state index contributed by atoms with van der Waals surface area (Å²) in [6.07, 6.45) is 6.89. The number of nitrogens with zero attached hydrogens (tertiary/aromatic N) is 2. The van der Waals surface area contributed by atoms with Crippen LogP contribution in [0.1, 0.15) is 44.0 Å². The number of carbonyl (C=O) groups is 1. The topological polar surface area (TPSA) is 54.9 Å². The fourth-order valence-electron chi connectivity index (χ4n) is 2.10. The fraction of sp³-hybridized carbons (Fsp3) is 0.615. The van der Waals surface area contributed by atoms with Crippen molar-refractivity contribution < 1.29 is 4.79 Å². The van der Waals surface area contributed by atoms with E-state index in [2.05, 4.69) is 20.1 Å². The highest BCUT2D eigenvalue weighted by atomic mass is 32.1. The molecule has 0 aromatic carbocycles. The molecule has 0 aliphatic carbocycles. The molecule has 5 heteroatoms. The zero-order valence-electron chi connectivity index (χ0n) is 10.7. The van der Waals surface area contributed by atoms with Crippen LogP contribution >= 0.6 is 11.7 Å². The van der Waals surface area contributed by atoms with Crippen LogP contribution in [0.15, 0.2) is 6.08 Å². The van der Waals surface area contributed by atoms with Crippen LogP contribution in [0, 0.1) is 0 Å². The molecule has 1 aromatic rings. The van der Waals surface area contributed by atoms with Crippen molar-refractivity contribution in [2.75, 3.05) is 13.1 Å².